The van der Waals surface area contributed by atoms with Gasteiger partial charge < -0.3 is 0 Å². The highest BCUT2D eigenvalue weighted by Crippen LogP contribution is 2.61. The lowest BCUT2D eigenvalue weighted by atomic mass is 9.63. The molecular formula is C55H45N3. The molecule has 6 aromatic carbocycles. The minimum Gasteiger partial charge on any atom is -0.277 e. The highest BCUT2D eigenvalue weighted by atomic mass is 15.1. The van der Waals surface area contributed by atoms with Crippen LogP contribution in [0.2, 0.25) is 0 Å². The van der Waals surface area contributed by atoms with Gasteiger partial charge in [0.05, 0.1) is 0 Å². The molecule has 0 fully saturated rings. The molecule has 2 aromatic heterocycles. The highest BCUT2D eigenvalue weighted by Gasteiger charge is 2.51. The predicted octanol–water partition coefficient (Wildman–Crippen LogP) is 14.0. The monoisotopic (exact) mass is 747 g/mol. The van der Waals surface area contributed by atoms with Crippen LogP contribution in [-0.4, -0.2) is 14.5 Å². The van der Waals surface area contributed by atoms with E-state index in [0.717, 1.165) is 51.4 Å². The molecule has 0 N–H and O–H groups in total. The van der Waals surface area contributed by atoms with E-state index in [2.05, 4.69) is 197 Å². The molecule has 3 heteroatoms. The summed E-state index contributed by atoms with van der Waals surface area (Å²) in [4.78, 5) is 10.5. The molecule has 280 valence electrons. The van der Waals surface area contributed by atoms with Crippen LogP contribution in [-0.2, 0) is 10.8 Å². The number of nitrogens with zero attached hydrogens (tertiary/aromatic N) is 3. The first-order valence-corrected chi connectivity index (χ1v) is 20.5. The number of pyridine rings is 1. The molecule has 11 rings (SSSR count). The van der Waals surface area contributed by atoms with Gasteiger partial charge in [-0.1, -0.05) is 150 Å². The molecule has 3 aliphatic rings. The molecule has 0 saturated carbocycles. The summed E-state index contributed by atoms with van der Waals surface area (Å²) in [5.74, 6) is 0.865. The van der Waals surface area contributed by atoms with Crippen LogP contribution >= 0.6 is 0 Å². The molecular weight excluding hydrogens is 703 g/mol. The number of fused-ring (bicyclic) bond motifs is 7. The third-order valence-corrected chi connectivity index (χ3v) is 13.9. The van der Waals surface area contributed by atoms with Crippen LogP contribution in [0.5, 0.6) is 0 Å². The van der Waals surface area contributed by atoms with Crippen molar-refractivity contribution in [3.05, 3.63) is 192 Å². The third kappa shape index (κ3) is 4.99. The molecule has 2 heterocycles. The van der Waals surface area contributed by atoms with Crippen LogP contribution in [0.3, 0.4) is 0 Å². The maximum atomic E-state index is 5.45. The van der Waals surface area contributed by atoms with Crippen molar-refractivity contribution < 1.29 is 0 Å². The molecule has 0 aliphatic heterocycles. The molecule has 3 aliphatic carbocycles. The van der Waals surface area contributed by atoms with Crippen LogP contribution in [0.15, 0.2) is 170 Å². The first kappa shape index (κ1) is 34.7. The average Bonchev–Trinajstić information content (AvgIpc) is 3.82. The van der Waals surface area contributed by atoms with Gasteiger partial charge in [0.25, 0.3) is 0 Å². The van der Waals surface area contributed by atoms with E-state index < -0.39 is 0 Å². The number of hydrogen-bond acceptors (Lipinski definition) is 2. The molecule has 1 unspecified atom stereocenters. The number of para-hydroxylation sites is 1. The Labute approximate surface area is 341 Å². The van der Waals surface area contributed by atoms with Gasteiger partial charge in [-0.2, -0.15) is 0 Å². The zero-order chi connectivity index (χ0) is 39.4. The van der Waals surface area contributed by atoms with Gasteiger partial charge in [-0.15, -0.1) is 0 Å². The fourth-order valence-corrected chi connectivity index (χ4v) is 10.3. The molecule has 0 spiro atoms. The van der Waals surface area contributed by atoms with Crippen molar-refractivity contribution in [2.24, 2.45) is 5.41 Å². The van der Waals surface area contributed by atoms with Gasteiger partial charge in [0.1, 0.15) is 11.3 Å². The molecule has 1 atom stereocenters. The molecule has 0 amide bonds. The maximum absolute atomic E-state index is 5.45. The van der Waals surface area contributed by atoms with Crippen LogP contribution in [0, 0.1) is 5.41 Å². The number of aromatic nitrogens is 3. The van der Waals surface area contributed by atoms with Crippen molar-refractivity contribution in [2.75, 3.05) is 0 Å². The van der Waals surface area contributed by atoms with Crippen LogP contribution < -0.4 is 0 Å². The largest absolute Gasteiger partial charge is 0.277 e. The van der Waals surface area contributed by atoms with Gasteiger partial charge in [-0.05, 0) is 127 Å². The Hall–Kier alpha value is -6.58. The van der Waals surface area contributed by atoms with E-state index in [0.29, 0.717) is 0 Å². The topological polar surface area (TPSA) is 30.7 Å². The molecule has 0 bridgehead atoms. The number of allylic oxidation sites excluding steroid dienone is 4. The van der Waals surface area contributed by atoms with Crippen LogP contribution in [0.25, 0.3) is 78.3 Å². The normalized spacial score (nSPS) is 18.1. The summed E-state index contributed by atoms with van der Waals surface area (Å²) in [5, 5.41) is 0. The molecule has 3 nitrogen and oxygen atoms in total. The van der Waals surface area contributed by atoms with Gasteiger partial charge in [0, 0.05) is 33.8 Å². The summed E-state index contributed by atoms with van der Waals surface area (Å²) in [5.41, 5.74) is 20.3. The second-order valence-corrected chi connectivity index (χ2v) is 17.7. The Balaban J connectivity index is 1.15. The Bertz CT molecular complexity index is 3030. The number of benzene rings is 6. The molecule has 8 aromatic rings. The minimum atomic E-state index is -0.0563. The van der Waals surface area contributed by atoms with Crippen LogP contribution in [0.4, 0.5) is 0 Å². The van der Waals surface area contributed by atoms with Crippen molar-refractivity contribution >= 4 is 16.7 Å². The smallest absolute Gasteiger partial charge is 0.164 e. The fourth-order valence-electron chi connectivity index (χ4n) is 10.3. The van der Waals surface area contributed by atoms with Crippen molar-refractivity contribution in [3.8, 4) is 61.6 Å². The predicted molar refractivity (Wildman–Crippen MR) is 241 cm³/mol. The summed E-state index contributed by atoms with van der Waals surface area (Å²) in [7, 11) is 0. The lowest BCUT2D eigenvalue weighted by Crippen LogP contribution is -2.34. The van der Waals surface area contributed by atoms with Crippen molar-refractivity contribution in [1.82, 2.24) is 14.5 Å². The lowest BCUT2D eigenvalue weighted by molar-refractivity contribution is 0.271. The van der Waals surface area contributed by atoms with E-state index >= 15 is 0 Å². The second-order valence-electron chi connectivity index (χ2n) is 17.7. The summed E-state index contributed by atoms with van der Waals surface area (Å²) >= 11 is 0. The third-order valence-electron chi connectivity index (χ3n) is 13.9. The van der Waals surface area contributed by atoms with E-state index in [1.807, 2.05) is 12.3 Å². The van der Waals surface area contributed by atoms with Crippen molar-refractivity contribution in [3.63, 3.8) is 0 Å². The lowest BCUT2D eigenvalue weighted by Gasteiger charge is -2.40. The molecule has 0 radical (unpaired) electrons. The van der Waals surface area contributed by atoms with Crippen molar-refractivity contribution in [2.45, 2.75) is 51.9 Å². The van der Waals surface area contributed by atoms with Crippen molar-refractivity contribution in [1.29, 1.82) is 0 Å². The standard InChI is InChI=1S/C55H45N3/c1-53(2)46-21-13-12-20-43(46)44-31-36(23-25-47(44)53)38-28-39(37-24-26-48-45(32-37)49-22-14-15-27-55(49,5)54(48,3)4)30-40(29-38)51-57-50-33-41(35-16-8-6-9-17-35)34-56-52(50)58(51)42-18-10-7-11-19-42/h6-26,28-34H,27H2,1-5H3. The fraction of sp³-hybridized carbons (Fsp3) is 0.164. The summed E-state index contributed by atoms with van der Waals surface area (Å²) in [6.07, 6.45) is 9.95. The highest BCUT2D eigenvalue weighted by molar-refractivity contribution is 5.91. The first-order valence-electron chi connectivity index (χ1n) is 20.5. The number of imidazole rings is 1. The first-order chi connectivity index (χ1) is 28.1. The van der Waals surface area contributed by atoms with Gasteiger partial charge in [0.2, 0.25) is 0 Å². The SMILES string of the molecule is CC1(C)c2ccccc2-c2cc(-c3cc(-c4ccc5c(c4)C4=CC=CCC4(C)C5(C)C)cc(-c4nc5cc(-c6ccccc6)cnc5n4-c4ccccc4)c3)ccc21. The second kappa shape index (κ2) is 12.5. The summed E-state index contributed by atoms with van der Waals surface area (Å²) in [6.45, 7) is 12.0. The van der Waals surface area contributed by atoms with E-state index in [4.69, 9.17) is 9.97 Å². The summed E-state index contributed by atoms with van der Waals surface area (Å²) < 4.78 is 2.23. The average molecular weight is 748 g/mol. The maximum Gasteiger partial charge on any atom is 0.164 e. The quantitative estimate of drug-likeness (QED) is 0.176. The Morgan fingerprint density at radius 3 is 1.91 bits per heavy atom. The zero-order valence-electron chi connectivity index (χ0n) is 33.7. The van der Waals surface area contributed by atoms with Crippen LogP contribution in [0.1, 0.15) is 63.3 Å². The number of rotatable bonds is 5. The van der Waals surface area contributed by atoms with Gasteiger partial charge >= 0.3 is 0 Å². The Morgan fingerprint density at radius 1 is 0.517 bits per heavy atom. The van der Waals surface area contributed by atoms with E-state index in [9.17, 15) is 0 Å². The Kier molecular flexibility index (Phi) is 7.44. The molecule has 58 heavy (non-hydrogen) atoms. The van der Waals surface area contributed by atoms with Gasteiger partial charge in [0.15, 0.2) is 5.65 Å². The zero-order valence-corrected chi connectivity index (χ0v) is 33.7. The Morgan fingerprint density at radius 2 is 1.16 bits per heavy atom. The molecule has 0 saturated heterocycles. The number of hydrogen-bond donors (Lipinski definition) is 0. The van der Waals surface area contributed by atoms with E-state index in [1.165, 1.54) is 55.6 Å². The van der Waals surface area contributed by atoms with Gasteiger partial charge in [-0.25, -0.2) is 9.97 Å². The van der Waals surface area contributed by atoms with E-state index in [1.54, 1.807) is 0 Å². The van der Waals surface area contributed by atoms with E-state index in [-0.39, 0.29) is 16.2 Å². The van der Waals surface area contributed by atoms with Gasteiger partial charge in [-0.3, -0.25) is 4.57 Å². The summed E-state index contributed by atoms with van der Waals surface area (Å²) in [6, 6.07) is 53.4. The minimum absolute atomic E-state index is 0.0189.